The third-order valence-corrected chi connectivity index (χ3v) is 5.80. The Kier molecular flexibility index (Phi) is 4.50. The SMILES string of the molecule is CC1=C(c2ccccc2)C(C)(C(=O)N2C(=O)CCN[P+]2=O)C=CC1=O. The molecule has 128 valence electrons. The monoisotopic (exact) mass is 357 g/mol. The summed E-state index contributed by atoms with van der Waals surface area (Å²) in [7, 11) is -2.31. The van der Waals surface area contributed by atoms with E-state index in [1.807, 2.05) is 30.3 Å². The third-order valence-electron chi connectivity index (χ3n) is 4.53. The summed E-state index contributed by atoms with van der Waals surface area (Å²) in [5.41, 5.74) is 0.449. The zero-order valence-electron chi connectivity index (χ0n) is 14.0. The van der Waals surface area contributed by atoms with Crippen LogP contribution >= 0.6 is 8.10 Å². The first kappa shape index (κ1) is 17.4. The molecule has 2 amide bonds. The van der Waals surface area contributed by atoms with Crippen LogP contribution in [0.4, 0.5) is 0 Å². The number of carbonyl (C=O) groups is 3. The summed E-state index contributed by atoms with van der Waals surface area (Å²) >= 11 is 0. The Hall–Kier alpha value is -2.43. The zero-order chi connectivity index (χ0) is 18.2. The summed E-state index contributed by atoms with van der Waals surface area (Å²) < 4.78 is 13.0. The molecule has 0 spiro atoms. The van der Waals surface area contributed by atoms with Crippen molar-refractivity contribution in [2.75, 3.05) is 6.54 Å². The Labute approximate surface area is 146 Å². The van der Waals surface area contributed by atoms with Crippen molar-refractivity contribution in [1.29, 1.82) is 0 Å². The molecule has 3 rings (SSSR count). The number of ketones is 1. The van der Waals surface area contributed by atoms with E-state index >= 15 is 0 Å². The molecule has 0 radical (unpaired) electrons. The molecule has 6 nitrogen and oxygen atoms in total. The van der Waals surface area contributed by atoms with Crippen LogP contribution in [0.3, 0.4) is 0 Å². The highest BCUT2D eigenvalue weighted by Crippen LogP contribution is 2.45. The van der Waals surface area contributed by atoms with Crippen LogP contribution in [-0.4, -0.2) is 28.8 Å². The summed E-state index contributed by atoms with van der Waals surface area (Å²) in [5, 5.41) is 2.66. The van der Waals surface area contributed by atoms with Gasteiger partial charge in [-0.2, -0.15) is 0 Å². The van der Waals surface area contributed by atoms with E-state index in [2.05, 4.69) is 5.09 Å². The Morgan fingerprint density at radius 1 is 1.24 bits per heavy atom. The molecule has 0 bridgehead atoms. The molecule has 1 fully saturated rings. The number of allylic oxidation sites excluding steroid dienone is 2. The Bertz CT molecular complexity index is 828. The van der Waals surface area contributed by atoms with Crippen molar-refractivity contribution >= 4 is 31.3 Å². The number of amides is 2. The van der Waals surface area contributed by atoms with Crippen LogP contribution in [0.25, 0.3) is 5.57 Å². The Morgan fingerprint density at radius 3 is 2.56 bits per heavy atom. The maximum atomic E-state index is 13.2. The first-order valence-corrected chi connectivity index (χ1v) is 9.16. The van der Waals surface area contributed by atoms with Crippen molar-refractivity contribution in [1.82, 2.24) is 9.76 Å². The minimum atomic E-state index is -2.31. The maximum absolute atomic E-state index is 13.2. The van der Waals surface area contributed by atoms with Gasteiger partial charge in [0.2, 0.25) is 0 Å². The van der Waals surface area contributed by atoms with Gasteiger partial charge in [-0.25, -0.2) is 0 Å². The first-order valence-electron chi connectivity index (χ1n) is 7.94. The van der Waals surface area contributed by atoms with Crippen molar-refractivity contribution in [3.63, 3.8) is 0 Å². The smallest absolute Gasteiger partial charge is 0.290 e. The number of nitrogens with one attached hydrogen (secondary N) is 1. The molecule has 1 aromatic rings. The molecule has 0 saturated carbocycles. The van der Waals surface area contributed by atoms with Crippen LogP contribution in [0.15, 0.2) is 48.1 Å². The average molecular weight is 357 g/mol. The molecule has 2 atom stereocenters. The van der Waals surface area contributed by atoms with Crippen molar-refractivity contribution in [2.45, 2.75) is 20.3 Å². The molecule has 1 aliphatic heterocycles. The van der Waals surface area contributed by atoms with Gasteiger partial charge in [-0.05, 0) is 40.3 Å². The summed E-state index contributed by atoms with van der Waals surface area (Å²) in [6, 6.07) is 9.10. The number of rotatable bonds is 2. The van der Waals surface area contributed by atoms with Gasteiger partial charge in [0.25, 0.3) is 11.8 Å². The lowest BCUT2D eigenvalue weighted by Crippen LogP contribution is -2.47. The zero-order valence-corrected chi connectivity index (χ0v) is 14.9. The van der Waals surface area contributed by atoms with E-state index in [4.69, 9.17) is 0 Å². The third kappa shape index (κ3) is 2.88. The predicted molar refractivity (Wildman–Crippen MR) is 93.4 cm³/mol. The van der Waals surface area contributed by atoms with Crippen LogP contribution < -0.4 is 5.09 Å². The molecule has 1 aromatic carbocycles. The second kappa shape index (κ2) is 6.47. The molecular formula is C18H18N2O4P+. The molecular weight excluding hydrogens is 339 g/mol. The van der Waals surface area contributed by atoms with Crippen molar-refractivity contribution in [2.24, 2.45) is 5.41 Å². The van der Waals surface area contributed by atoms with Gasteiger partial charge in [0.15, 0.2) is 5.78 Å². The van der Waals surface area contributed by atoms with Crippen molar-refractivity contribution in [3.8, 4) is 0 Å². The molecule has 1 saturated heterocycles. The molecule has 2 aliphatic rings. The lowest BCUT2D eigenvalue weighted by Gasteiger charge is -2.33. The van der Waals surface area contributed by atoms with Gasteiger partial charge in [0, 0.05) is 12.0 Å². The highest BCUT2D eigenvalue weighted by atomic mass is 31.1. The van der Waals surface area contributed by atoms with E-state index in [1.54, 1.807) is 13.8 Å². The summed E-state index contributed by atoms with van der Waals surface area (Å²) in [4.78, 5) is 37.6. The van der Waals surface area contributed by atoms with E-state index < -0.39 is 25.3 Å². The summed E-state index contributed by atoms with van der Waals surface area (Å²) in [6.45, 7) is 3.59. The van der Waals surface area contributed by atoms with Gasteiger partial charge >= 0.3 is 8.10 Å². The second-order valence-corrected chi connectivity index (χ2v) is 7.47. The van der Waals surface area contributed by atoms with Crippen LogP contribution in [0.5, 0.6) is 0 Å². The average Bonchev–Trinajstić information content (AvgIpc) is 2.59. The molecule has 1 heterocycles. The van der Waals surface area contributed by atoms with Gasteiger partial charge < -0.3 is 0 Å². The van der Waals surface area contributed by atoms with Crippen LogP contribution in [0.1, 0.15) is 25.8 Å². The van der Waals surface area contributed by atoms with E-state index in [1.165, 1.54) is 12.2 Å². The normalized spacial score (nSPS) is 25.5. The van der Waals surface area contributed by atoms with E-state index in [0.717, 1.165) is 10.2 Å². The van der Waals surface area contributed by atoms with E-state index in [0.29, 0.717) is 11.1 Å². The standard InChI is InChI=1S/C18H18N2O4P/c1-12-14(21)8-10-18(2,16(12)13-6-4-3-5-7-13)17(23)20-15(22)9-11-19-25(20)24/h3-8,10H,9,11H2,1-2H3,(H,19,24)/q+1. The molecule has 1 N–H and O–H groups in total. The number of carbonyl (C=O) groups excluding carboxylic acids is 3. The van der Waals surface area contributed by atoms with Crippen LogP contribution in [0, 0.1) is 5.41 Å². The van der Waals surface area contributed by atoms with Gasteiger partial charge in [0.1, 0.15) is 0 Å². The quantitative estimate of drug-likeness (QED) is 0.650. The predicted octanol–water partition coefficient (Wildman–Crippen LogP) is 2.61. The number of imide groups is 1. The largest absolute Gasteiger partial charge is 0.574 e. The molecule has 2 unspecified atom stereocenters. The topological polar surface area (TPSA) is 83.6 Å². The van der Waals surface area contributed by atoms with Crippen LogP contribution in [-0.2, 0) is 18.9 Å². The summed E-state index contributed by atoms with van der Waals surface area (Å²) in [5.74, 6) is -1.24. The summed E-state index contributed by atoms with van der Waals surface area (Å²) in [6.07, 6.45) is 2.95. The molecule has 7 heteroatoms. The number of nitrogens with zero attached hydrogens (tertiary/aromatic N) is 1. The lowest BCUT2D eigenvalue weighted by atomic mass is 9.71. The van der Waals surface area contributed by atoms with Gasteiger partial charge in [-0.15, -0.1) is 0 Å². The van der Waals surface area contributed by atoms with Crippen molar-refractivity contribution < 1.29 is 18.9 Å². The molecule has 25 heavy (non-hydrogen) atoms. The number of hydrogen-bond acceptors (Lipinski definition) is 4. The fraction of sp³-hybridized carbons (Fsp3) is 0.278. The van der Waals surface area contributed by atoms with E-state index in [9.17, 15) is 18.9 Å². The lowest BCUT2D eigenvalue weighted by molar-refractivity contribution is -0.142. The highest BCUT2D eigenvalue weighted by molar-refractivity contribution is 7.41. The number of hydrogen-bond donors (Lipinski definition) is 1. The van der Waals surface area contributed by atoms with Crippen molar-refractivity contribution in [3.05, 3.63) is 53.6 Å². The fourth-order valence-electron chi connectivity index (χ4n) is 3.21. The first-order chi connectivity index (χ1) is 11.9. The minimum Gasteiger partial charge on any atom is -0.290 e. The van der Waals surface area contributed by atoms with Crippen LogP contribution in [0.2, 0.25) is 0 Å². The highest BCUT2D eigenvalue weighted by Gasteiger charge is 2.52. The maximum Gasteiger partial charge on any atom is 0.574 e. The van der Waals surface area contributed by atoms with Gasteiger partial charge in [0.05, 0.1) is 12.0 Å². The Balaban J connectivity index is 2.13. The number of benzene rings is 1. The fourth-order valence-corrected chi connectivity index (χ4v) is 4.33. The van der Waals surface area contributed by atoms with E-state index in [-0.39, 0.29) is 18.7 Å². The minimum absolute atomic E-state index is 0.106. The second-order valence-electron chi connectivity index (χ2n) is 6.21. The van der Waals surface area contributed by atoms with Gasteiger partial charge in [-0.1, -0.05) is 41.5 Å². The molecule has 0 aromatic heterocycles. The molecule has 1 aliphatic carbocycles. The van der Waals surface area contributed by atoms with Gasteiger partial charge in [-0.3, -0.25) is 14.4 Å². The Morgan fingerprint density at radius 2 is 1.92 bits per heavy atom.